The van der Waals surface area contributed by atoms with Gasteiger partial charge < -0.3 is 9.80 Å². The van der Waals surface area contributed by atoms with E-state index in [0.29, 0.717) is 11.4 Å². The quantitative estimate of drug-likeness (QED) is 0.807. The summed E-state index contributed by atoms with van der Waals surface area (Å²) in [5.74, 6) is 0. The Kier molecular flexibility index (Phi) is 6.12. The predicted molar refractivity (Wildman–Crippen MR) is 116 cm³/mol. The number of sulfonamides is 1. The van der Waals surface area contributed by atoms with Gasteiger partial charge in [-0.25, -0.2) is 13.1 Å². The van der Waals surface area contributed by atoms with Crippen molar-refractivity contribution in [1.29, 1.82) is 0 Å². The molecular weight excluding hydrogens is 370 g/mol. The molecule has 0 amide bonds. The van der Waals surface area contributed by atoms with Gasteiger partial charge >= 0.3 is 0 Å². The fourth-order valence-corrected chi connectivity index (χ4v) is 4.89. The molecule has 1 aliphatic rings. The van der Waals surface area contributed by atoms with E-state index in [9.17, 15) is 8.42 Å². The second-order valence-corrected chi connectivity index (χ2v) is 9.76. The van der Waals surface area contributed by atoms with Crippen molar-refractivity contribution in [3.63, 3.8) is 0 Å². The predicted octanol–water partition coefficient (Wildman–Crippen LogP) is 3.27. The summed E-state index contributed by atoms with van der Waals surface area (Å²) in [4.78, 5) is 4.67. The zero-order valence-corrected chi connectivity index (χ0v) is 18.3. The van der Waals surface area contributed by atoms with Crippen LogP contribution in [0.25, 0.3) is 0 Å². The Morgan fingerprint density at radius 2 is 1.86 bits per heavy atom. The molecule has 0 saturated carbocycles. The van der Waals surface area contributed by atoms with Crippen molar-refractivity contribution in [2.45, 2.75) is 37.6 Å². The average Bonchev–Trinajstić information content (AvgIpc) is 2.64. The Morgan fingerprint density at radius 3 is 2.54 bits per heavy atom. The van der Waals surface area contributed by atoms with Crippen molar-refractivity contribution in [3.8, 4) is 0 Å². The Bertz CT molecular complexity index is 954. The van der Waals surface area contributed by atoms with E-state index in [1.165, 1.54) is 11.3 Å². The second kappa shape index (κ2) is 8.23. The van der Waals surface area contributed by atoms with Crippen LogP contribution in [-0.4, -0.2) is 47.6 Å². The number of hydrogen-bond donors (Lipinski definition) is 1. The van der Waals surface area contributed by atoms with Gasteiger partial charge in [0.2, 0.25) is 10.0 Å². The summed E-state index contributed by atoms with van der Waals surface area (Å²) in [5.41, 5.74) is 5.83. The van der Waals surface area contributed by atoms with Crippen LogP contribution in [-0.2, 0) is 16.4 Å². The molecule has 0 fully saturated rings. The second-order valence-electron chi connectivity index (χ2n) is 7.99. The van der Waals surface area contributed by atoms with Crippen LogP contribution in [0.15, 0.2) is 41.3 Å². The number of anilines is 1. The van der Waals surface area contributed by atoms with Gasteiger partial charge in [-0.2, -0.15) is 0 Å². The Morgan fingerprint density at radius 1 is 1.11 bits per heavy atom. The van der Waals surface area contributed by atoms with E-state index in [-0.39, 0.29) is 6.04 Å². The summed E-state index contributed by atoms with van der Waals surface area (Å²) in [6.07, 6.45) is 2.22. The van der Waals surface area contributed by atoms with E-state index >= 15 is 0 Å². The molecule has 0 bridgehead atoms. The lowest BCUT2D eigenvalue weighted by Gasteiger charge is -2.30. The van der Waals surface area contributed by atoms with Crippen molar-refractivity contribution in [2.24, 2.45) is 0 Å². The summed E-state index contributed by atoms with van der Waals surface area (Å²) in [6.45, 7) is 5.33. The fourth-order valence-electron chi connectivity index (χ4n) is 3.76. The summed E-state index contributed by atoms with van der Waals surface area (Å²) in [5, 5.41) is 0. The highest BCUT2D eigenvalue weighted by molar-refractivity contribution is 7.89. The van der Waals surface area contributed by atoms with Gasteiger partial charge in [-0.1, -0.05) is 18.2 Å². The topological polar surface area (TPSA) is 52.7 Å². The number of benzene rings is 2. The van der Waals surface area contributed by atoms with Gasteiger partial charge in [-0.05, 0) is 81.2 Å². The zero-order chi connectivity index (χ0) is 20.5. The van der Waals surface area contributed by atoms with Gasteiger partial charge in [0.1, 0.15) is 0 Å². The van der Waals surface area contributed by atoms with E-state index in [4.69, 9.17) is 0 Å². The van der Waals surface area contributed by atoms with E-state index in [0.717, 1.165) is 36.1 Å². The zero-order valence-electron chi connectivity index (χ0n) is 17.5. The van der Waals surface area contributed by atoms with Crippen molar-refractivity contribution < 1.29 is 8.42 Å². The molecule has 2 aromatic carbocycles. The fraction of sp³-hybridized carbons (Fsp3) is 0.455. The Labute approximate surface area is 169 Å². The molecule has 5 nitrogen and oxygen atoms in total. The summed E-state index contributed by atoms with van der Waals surface area (Å²) < 4.78 is 28.4. The van der Waals surface area contributed by atoms with Gasteiger partial charge in [-0.3, -0.25) is 0 Å². The number of fused-ring (bicyclic) bond motifs is 1. The monoisotopic (exact) mass is 401 g/mol. The van der Waals surface area contributed by atoms with E-state index < -0.39 is 10.0 Å². The molecule has 0 saturated heterocycles. The van der Waals surface area contributed by atoms with Gasteiger partial charge in [0.15, 0.2) is 0 Å². The van der Waals surface area contributed by atoms with Crippen LogP contribution in [0, 0.1) is 13.8 Å². The largest absolute Gasteiger partial charge is 0.374 e. The van der Waals surface area contributed by atoms with Crippen LogP contribution in [0.2, 0.25) is 0 Å². The highest BCUT2D eigenvalue weighted by atomic mass is 32.2. The normalized spacial score (nSPS) is 15.6. The van der Waals surface area contributed by atoms with Gasteiger partial charge in [0.25, 0.3) is 0 Å². The third kappa shape index (κ3) is 4.40. The molecule has 0 aromatic heterocycles. The van der Waals surface area contributed by atoms with Crippen LogP contribution in [0.4, 0.5) is 5.69 Å². The molecule has 1 atom stereocenters. The first-order valence-electron chi connectivity index (χ1n) is 9.76. The average molecular weight is 402 g/mol. The molecule has 0 aliphatic carbocycles. The van der Waals surface area contributed by atoms with Gasteiger partial charge in [0.05, 0.1) is 4.90 Å². The molecule has 3 rings (SSSR count). The number of rotatable bonds is 6. The molecule has 0 unspecified atom stereocenters. The first-order chi connectivity index (χ1) is 13.2. The minimum atomic E-state index is -3.55. The highest BCUT2D eigenvalue weighted by Gasteiger charge is 2.22. The number of aryl methyl sites for hydroxylation is 3. The SMILES string of the molecule is Cc1ccc(S(=O)(=O)NC[C@@H](c2ccc3c(c2)CCCN3C)N(C)C)cc1C. The van der Waals surface area contributed by atoms with Crippen molar-refractivity contribution in [2.75, 3.05) is 39.1 Å². The van der Waals surface area contributed by atoms with Crippen molar-refractivity contribution >= 4 is 15.7 Å². The van der Waals surface area contributed by atoms with Crippen LogP contribution in [0.1, 0.15) is 34.7 Å². The molecule has 1 heterocycles. The molecular formula is C22H31N3O2S. The third-order valence-electron chi connectivity index (χ3n) is 5.72. The molecule has 2 aromatic rings. The number of likely N-dealkylation sites (N-methyl/N-ethyl adjacent to an activating group) is 1. The maximum Gasteiger partial charge on any atom is 0.240 e. The first-order valence-corrected chi connectivity index (χ1v) is 11.2. The lowest BCUT2D eigenvalue weighted by atomic mass is 9.96. The van der Waals surface area contributed by atoms with Gasteiger partial charge in [-0.15, -0.1) is 0 Å². The van der Waals surface area contributed by atoms with E-state index in [2.05, 4.69) is 39.8 Å². The smallest absolute Gasteiger partial charge is 0.240 e. The van der Waals surface area contributed by atoms with E-state index in [1.54, 1.807) is 12.1 Å². The van der Waals surface area contributed by atoms with Crippen LogP contribution >= 0.6 is 0 Å². The first kappa shape index (κ1) is 20.8. The Hall–Kier alpha value is -1.89. The summed E-state index contributed by atoms with van der Waals surface area (Å²) in [7, 11) is 2.55. The highest BCUT2D eigenvalue weighted by Crippen LogP contribution is 2.30. The molecule has 0 radical (unpaired) electrons. The third-order valence-corrected chi connectivity index (χ3v) is 7.14. The van der Waals surface area contributed by atoms with E-state index in [1.807, 2.05) is 34.0 Å². The standard InChI is InChI=1S/C22H31N3O2S/c1-16-8-10-20(13-17(16)2)28(26,27)23-15-22(24(3)4)19-9-11-21-18(14-19)7-6-12-25(21)5/h8-11,13-14,22-23H,6-7,12,15H2,1-5H3/t22-/m0/s1. The molecule has 152 valence electrons. The number of nitrogens with one attached hydrogen (secondary N) is 1. The van der Waals surface area contributed by atoms with Crippen molar-refractivity contribution in [1.82, 2.24) is 9.62 Å². The molecule has 6 heteroatoms. The lowest BCUT2D eigenvalue weighted by Crippen LogP contribution is -2.35. The maximum atomic E-state index is 12.8. The minimum absolute atomic E-state index is 0.0288. The lowest BCUT2D eigenvalue weighted by molar-refractivity contribution is 0.299. The Balaban J connectivity index is 1.81. The van der Waals surface area contributed by atoms with Crippen LogP contribution in [0.5, 0.6) is 0 Å². The van der Waals surface area contributed by atoms with Crippen LogP contribution < -0.4 is 9.62 Å². The maximum absolute atomic E-state index is 12.8. The molecule has 1 N–H and O–H groups in total. The number of nitrogens with zero attached hydrogens (tertiary/aromatic N) is 2. The molecule has 28 heavy (non-hydrogen) atoms. The number of hydrogen-bond acceptors (Lipinski definition) is 4. The van der Waals surface area contributed by atoms with Crippen LogP contribution in [0.3, 0.4) is 0 Å². The molecule has 0 spiro atoms. The minimum Gasteiger partial charge on any atom is -0.374 e. The van der Waals surface area contributed by atoms with Crippen molar-refractivity contribution in [3.05, 3.63) is 58.7 Å². The van der Waals surface area contributed by atoms with Gasteiger partial charge in [0, 0.05) is 31.9 Å². The summed E-state index contributed by atoms with van der Waals surface area (Å²) >= 11 is 0. The summed E-state index contributed by atoms with van der Waals surface area (Å²) in [6, 6.07) is 11.8. The molecule has 1 aliphatic heterocycles.